The first-order valence-electron chi connectivity index (χ1n) is 12.7. The van der Waals surface area contributed by atoms with Gasteiger partial charge in [-0.3, -0.25) is 9.80 Å². The molecule has 186 valence electrons. The van der Waals surface area contributed by atoms with E-state index in [4.69, 9.17) is 0 Å². The molecule has 1 heterocycles. The van der Waals surface area contributed by atoms with E-state index in [1.165, 1.54) is 11.1 Å². The van der Waals surface area contributed by atoms with Crippen molar-refractivity contribution in [1.82, 2.24) is 14.5 Å². The molecule has 3 aromatic rings. The molecular formula is C29H37N3O2S. The molecule has 0 radical (unpaired) electrons. The summed E-state index contributed by atoms with van der Waals surface area (Å²) in [5.74, 6) is 0. The number of piperazine rings is 1. The van der Waals surface area contributed by atoms with Crippen LogP contribution in [0.1, 0.15) is 49.8 Å². The van der Waals surface area contributed by atoms with Crippen LogP contribution in [0.5, 0.6) is 0 Å². The number of hydrogen-bond acceptors (Lipinski definition) is 4. The molecule has 0 bridgehead atoms. The van der Waals surface area contributed by atoms with Crippen molar-refractivity contribution < 1.29 is 8.42 Å². The standard InChI is InChI=1S/C29H37N3O2S/c1-2-3-7-20-28(30-35(33,34)27-18-12-6-13-19-27)31-21-23-32(24-22-31)29(25-14-8-4-9-15-25)26-16-10-5-11-17-26/h4-6,8-19,28-30H,2-3,7,20-24H2,1H3. The molecule has 0 spiro atoms. The van der Waals surface area contributed by atoms with Gasteiger partial charge in [0.05, 0.1) is 17.1 Å². The van der Waals surface area contributed by atoms with Crippen LogP contribution in [0.2, 0.25) is 0 Å². The number of nitrogens with zero attached hydrogens (tertiary/aromatic N) is 2. The van der Waals surface area contributed by atoms with Crippen LogP contribution >= 0.6 is 0 Å². The Morgan fingerprint density at radius 1 is 0.714 bits per heavy atom. The monoisotopic (exact) mass is 491 g/mol. The maximum absolute atomic E-state index is 13.1. The van der Waals surface area contributed by atoms with Crippen molar-refractivity contribution >= 4 is 10.0 Å². The molecule has 0 amide bonds. The van der Waals surface area contributed by atoms with Crippen molar-refractivity contribution in [2.75, 3.05) is 26.2 Å². The number of rotatable bonds is 11. The molecule has 5 nitrogen and oxygen atoms in total. The number of nitrogens with one attached hydrogen (secondary N) is 1. The molecule has 1 unspecified atom stereocenters. The van der Waals surface area contributed by atoms with E-state index in [-0.39, 0.29) is 12.2 Å². The molecule has 1 N–H and O–H groups in total. The van der Waals surface area contributed by atoms with Gasteiger partial charge in [-0.15, -0.1) is 0 Å². The Balaban J connectivity index is 1.49. The third-order valence-corrected chi connectivity index (χ3v) is 8.29. The summed E-state index contributed by atoms with van der Waals surface area (Å²) >= 11 is 0. The van der Waals surface area contributed by atoms with Crippen LogP contribution in [0.15, 0.2) is 95.9 Å². The second-order valence-corrected chi connectivity index (χ2v) is 11.0. The summed E-state index contributed by atoms with van der Waals surface area (Å²) in [7, 11) is -3.57. The largest absolute Gasteiger partial charge is 0.290 e. The molecule has 6 heteroatoms. The Kier molecular flexibility index (Phi) is 9.10. The molecule has 1 fully saturated rings. The minimum Gasteiger partial charge on any atom is -0.290 e. The fourth-order valence-electron chi connectivity index (χ4n) is 4.94. The smallest absolute Gasteiger partial charge is 0.241 e. The minimum atomic E-state index is -3.57. The normalized spacial score (nSPS) is 16.4. The summed E-state index contributed by atoms with van der Waals surface area (Å²) in [6, 6.07) is 30.2. The van der Waals surface area contributed by atoms with Crippen molar-refractivity contribution in [3.8, 4) is 0 Å². The molecule has 1 aliphatic rings. The summed E-state index contributed by atoms with van der Waals surface area (Å²) in [5, 5.41) is 0. The van der Waals surface area contributed by atoms with Crippen molar-refractivity contribution in [2.24, 2.45) is 0 Å². The summed E-state index contributed by atoms with van der Waals surface area (Å²) in [6.07, 6.45) is 3.85. The molecule has 35 heavy (non-hydrogen) atoms. The molecule has 1 saturated heterocycles. The number of hydrogen-bond donors (Lipinski definition) is 1. The summed E-state index contributed by atoms with van der Waals surface area (Å²) in [4.78, 5) is 5.17. The van der Waals surface area contributed by atoms with Gasteiger partial charge >= 0.3 is 0 Å². The van der Waals surface area contributed by atoms with Gasteiger partial charge in [0.15, 0.2) is 0 Å². The summed E-state index contributed by atoms with van der Waals surface area (Å²) < 4.78 is 29.2. The zero-order valence-electron chi connectivity index (χ0n) is 20.6. The van der Waals surface area contributed by atoms with E-state index < -0.39 is 10.0 Å². The van der Waals surface area contributed by atoms with Gasteiger partial charge in [-0.2, -0.15) is 4.72 Å². The molecule has 0 aromatic heterocycles. The van der Waals surface area contributed by atoms with Gasteiger partial charge in [0.2, 0.25) is 10.0 Å². The first-order chi connectivity index (χ1) is 17.1. The van der Waals surface area contributed by atoms with Gasteiger partial charge < -0.3 is 0 Å². The number of unbranched alkanes of at least 4 members (excludes halogenated alkanes) is 2. The second-order valence-electron chi connectivity index (χ2n) is 9.24. The average molecular weight is 492 g/mol. The molecular weight excluding hydrogens is 454 g/mol. The lowest BCUT2D eigenvalue weighted by Crippen LogP contribution is -2.56. The van der Waals surface area contributed by atoms with Crippen LogP contribution in [-0.2, 0) is 10.0 Å². The molecule has 0 saturated carbocycles. The topological polar surface area (TPSA) is 52.7 Å². The Labute approximate surface area is 210 Å². The Morgan fingerprint density at radius 2 is 1.20 bits per heavy atom. The number of sulfonamides is 1. The zero-order valence-corrected chi connectivity index (χ0v) is 21.4. The van der Waals surface area contributed by atoms with Gasteiger partial charge in [-0.25, -0.2) is 8.42 Å². The van der Waals surface area contributed by atoms with Gasteiger partial charge in [-0.1, -0.05) is 105 Å². The summed E-state index contributed by atoms with van der Waals surface area (Å²) in [5.41, 5.74) is 2.58. The minimum absolute atomic E-state index is 0.194. The van der Waals surface area contributed by atoms with Crippen molar-refractivity contribution in [1.29, 1.82) is 0 Å². The van der Waals surface area contributed by atoms with E-state index in [9.17, 15) is 8.42 Å². The van der Waals surface area contributed by atoms with Crippen molar-refractivity contribution in [3.05, 3.63) is 102 Å². The molecule has 3 aromatic carbocycles. The Bertz CT molecular complexity index is 1080. The third-order valence-electron chi connectivity index (χ3n) is 6.81. The quantitative estimate of drug-likeness (QED) is 0.371. The van der Waals surface area contributed by atoms with Gasteiger partial charge in [0.25, 0.3) is 0 Å². The predicted molar refractivity (Wildman–Crippen MR) is 143 cm³/mol. The highest BCUT2D eigenvalue weighted by Crippen LogP contribution is 2.30. The highest BCUT2D eigenvalue weighted by molar-refractivity contribution is 7.89. The van der Waals surface area contributed by atoms with E-state index in [1.54, 1.807) is 24.3 Å². The van der Waals surface area contributed by atoms with Crippen molar-refractivity contribution in [3.63, 3.8) is 0 Å². The third kappa shape index (κ3) is 6.79. The molecule has 1 aliphatic heterocycles. The fraction of sp³-hybridized carbons (Fsp3) is 0.379. The molecule has 0 aliphatic carbocycles. The molecule has 4 rings (SSSR count). The SMILES string of the molecule is CCCCCC(NS(=O)(=O)c1ccccc1)N1CCN(C(c2ccccc2)c2ccccc2)CC1. The van der Waals surface area contributed by atoms with E-state index in [0.717, 1.165) is 51.9 Å². The Hall–Kier alpha value is -2.51. The van der Waals surface area contributed by atoms with E-state index in [1.807, 2.05) is 6.07 Å². The first kappa shape index (κ1) is 25.6. The highest BCUT2D eigenvalue weighted by atomic mass is 32.2. The van der Waals surface area contributed by atoms with E-state index in [2.05, 4.69) is 82.1 Å². The van der Waals surface area contributed by atoms with Crippen LogP contribution in [-0.4, -0.2) is 50.6 Å². The van der Waals surface area contributed by atoms with Gasteiger partial charge in [0, 0.05) is 26.2 Å². The van der Waals surface area contributed by atoms with E-state index in [0.29, 0.717) is 4.90 Å². The maximum atomic E-state index is 13.1. The van der Waals surface area contributed by atoms with Gasteiger partial charge in [0.1, 0.15) is 0 Å². The predicted octanol–water partition coefficient (Wildman–Crippen LogP) is 5.28. The summed E-state index contributed by atoms with van der Waals surface area (Å²) in [6.45, 7) is 5.58. The zero-order chi connectivity index (χ0) is 24.5. The van der Waals surface area contributed by atoms with Crippen LogP contribution < -0.4 is 4.72 Å². The lowest BCUT2D eigenvalue weighted by molar-refractivity contribution is 0.0705. The lowest BCUT2D eigenvalue weighted by atomic mass is 9.96. The van der Waals surface area contributed by atoms with Crippen LogP contribution in [0.4, 0.5) is 0 Å². The second kappa shape index (κ2) is 12.5. The van der Waals surface area contributed by atoms with Crippen LogP contribution in [0, 0.1) is 0 Å². The van der Waals surface area contributed by atoms with Gasteiger partial charge in [-0.05, 0) is 29.7 Å². The molecule has 1 atom stereocenters. The lowest BCUT2D eigenvalue weighted by Gasteiger charge is -2.42. The highest BCUT2D eigenvalue weighted by Gasteiger charge is 2.31. The maximum Gasteiger partial charge on any atom is 0.241 e. The van der Waals surface area contributed by atoms with Crippen LogP contribution in [0.25, 0.3) is 0 Å². The van der Waals surface area contributed by atoms with Crippen LogP contribution in [0.3, 0.4) is 0 Å². The van der Waals surface area contributed by atoms with E-state index >= 15 is 0 Å². The fourth-order valence-corrected chi connectivity index (χ4v) is 6.22. The average Bonchev–Trinajstić information content (AvgIpc) is 2.91. The number of benzene rings is 3. The first-order valence-corrected chi connectivity index (χ1v) is 14.2. The van der Waals surface area contributed by atoms with Crippen molar-refractivity contribution in [2.45, 2.75) is 49.7 Å². The Morgan fingerprint density at radius 3 is 1.71 bits per heavy atom.